The fraction of sp³-hybridized carbons (Fsp3) is 0.500. The van der Waals surface area contributed by atoms with E-state index >= 15 is 0 Å². The van der Waals surface area contributed by atoms with Gasteiger partial charge in [0.25, 0.3) is 0 Å². The summed E-state index contributed by atoms with van der Waals surface area (Å²) in [5.41, 5.74) is 2.02. The van der Waals surface area contributed by atoms with Crippen LogP contribution in [0.1, 0.15) is 50.3 Å². The number of imidazole rings is 2. The van der Waals surface area contributed by atoms with E-state index in [9.17, 15) is 9.90 Å². The second kappa shape index (κ2) is 8.37. The summed E-state index contributed by atoms with van der Waals surface area (Å²) in [6.45, 7) is 4.60. The SMILES string of the molecule is CCc1nc2ccccc2n1CCC(=O)N[C@@H]1CCC[C@@H](n2ccnc2C)[C@@H]1O. The van der Waals surface area contributed by atoms with E-state index in [1.54, 1.807) is 6.20 Å². The smallest absolute Gasteiger partial charge is 0.222 e. The Balaban J connectivity index is 1.40. The van der Waals surface area contributed by atoms with Crippen LogP contribution in [0.25, 0.3) is 11.0 Å². The van der Waals surface area contributed by atoms with Crippen LogP contribution < -0.4 is 5.32 Å². The summed E-state index contributed by atoms with van der Waals surface area (Å²) in [5.74, 6) is 1.85. The van der Waals surface area contributed by atoms with Gasteiger partial charge in [-0.2, -0.15) is 0 Å². The Morgan fingerprint density at radius 3 is 2.90 bits per heavy atom. The summed E-state index contributed by atoms with van der Waals surface area (Å²) in [6.07, 6.45) is 6.90. The zero-order valence-corrected chi connectivity index (χ0v) is 17.1. The first-order chi connectivity index (χ1) is 14.1. The molecule has 1 aromatic carbocycles. The second-order valence-electron chi connectivity index (χ2n) is 7.82. The van der Waals surface area contributed by atoms with Crippen LogP contribution in [0, 0.1) is 6.92 Å². The number of nitrogens with one attached hydrogen (secondary N) is 1. The third kappa shape index (κ3) is 3.92. The number of aromatic nitrogens is 4. The van der Waals surface area contributed by atoms with Crippen molar-refractivity contribution in [2.45, 2.75) is 70.7 Å². The number of carbonyl (C=O) groups is 1. The molecule has 0 saturated heterocycles. The number of hydrogen-bond acceptors (Lipinski definition) is 4. The van der Waals surface area contributed by atoms with Gasteiger partial charge in [-0.15, -0.1) is 0 Å². The number of benzene rings is 1. The van der Waals surface area contributed by atoms with E-state index in [0.717, 1.165) is 48.4 Å². The molecule has 0 unspecified atom stereocenters. The van der Waals surface area contributed by atoms with Crippen molar-refractivity contribution >= 4 is 16.9 Å². The van der Waals surface area contributed by atoms with Gasteiger partial charge in [-0.1, -0.05) is 19.1 Å². The molecule has 1 aliphatic carbocycles. The predicted octanol–water partition coefficient (Wildman–Crippen LogP) is 2.76. The lowest BCUT2D eigenvalue weighted by atomic mass is 9.87. The number of fused-ring (bicyclic) bond motifs is 1. The number of hydrogen-bond donors (Lipinski definition) is 2. The average molecular weight is 396 g/mol. The molecule has 1 amide bonds. The molecule has 1 fully saturated rings. The maximum absolute atomic E-state index is 12.7. The number of carbonyl (C=O) groups excluding carboxylic acids is 1. The van der Waals surface area contributed by atoms with Crippen molar-refractivity contribution in [2.24, 2.45) is 0 Å². The molecule has 154 valence electrons. The number of aliphatic hydroxyl groups is 1. The van der Waals surface area contributed by atoms with E-state index in [-0.39, 0.29) is 18.0 Å². The van der Waals surface area contributed by atoms with Gasteiger partial charge in [0.2, 0.25) is 5.91 Å². The molecular weight excluding hydrogens is 366 g/mol. The average Bonchev–Trinajstić information content (AvgIpc) is 3.31. The van der Waals surface area contributed by atoms with Crippen molar-refractivity contribution in [3.05, 3.63) is 48.3 Å². The van der Waals surface area contributed by atoms with Gasteiger partial charge >= 0.3 is 0 Å². The molecule has 1 saturated carbocycles. The van der Waals surface area contributed by atoms with Crippen molar-refractivity contribution < 1.29 is 9.90 Å². The van der Waals surface area contributed by atoms with Crippen molar-refractivity contribution in [2.75, 3.05) is 0 Å². The molecule has 4 rings (SSSR count). The van der Waals surface area contributed by atoms with Gasteiger partial charge in [0.05, 0.1) is 29.2 Å². The van der Waals surface area contributed by atoms with Crippen molar-refractivity contribution in [3.8, 4) is 0 Å². The molecule has 2 heterocycles. The third-order valence-electron chi connectivity index (χ3n) is 6.00. The van der Waals surface area contributed by atoms with Crippen LogP contribution in [0.4, 0.5) is 0 Å². The van der Waals surface area contributed by atoms with E-state index in [4.69, 9.17) is 0 Å². The summed E-state index contributed by atoms with van der Waals surface area (Å²) in [5, 5.41) is 13.9. The van der Waals surface area contributed by atoms with Crippen LogP contribution in [0.2, 0.25) is 0 Å². The monoisotopic (exact) mass is 395 g/mol. The minimum Gasteiger partial charge on any atom is -0.389 e. The highest BCUT2D eigenvalue weighted by Crippen LogP contribution is 2.30. The lowest BCUT2D eigenvalue weighted by Gasteiger charge is -2.36. The molecule has 1 aliphatic rings. The minimum atomic E-state index is -0.610. The molecule has 0 aliphatic heterocycles. The summed E-state index contributed by atoms with van der Waals surface area (Å²) in [4.78, 5) is 21.6. The van der Waals surface area contributed by atoms with Gasteiger partial charge in [-0.3, -0.25) is 4.79 Å². The molecule has 0 spiro atoms. The first-order valence-corrected chi connectivity index (χ1v) is 10.5. The Morgan fingerprint density at radius 2 is 2.14 bits per heavy atom. The molecule has 0 bridgehead atoms. The normalized spacial score (nSPS) is 22.1. The maximum Gasteiger partial charge on any atom is 0.222 e. The van der Waals surface area contributed by atoms with Crippen LogP contribution in [-0.2, 0) is 17.8 Å². The van der Waals surface area contributed by atoms with Crippen LogP contribution in [0.3, 0.4) is 0 Å². The summed E-state index contributed by atoms with van der Waals surface area (Å²) >= 11 is 0. The van der Waals surface area contributed by atoms with Gasteiger partial charge in [0.1, 0.15) is 11.6 Å². The highest BCUT2D eigenvalue weighted by Gasteiger charge is 2.34. The summed E-state index contributed by atoms with van der Waals surface area (Å²) in [7, 11) is 0. The Bertz CT molecular complexity index is 992. The highest BCUT2D eigenvalue weighted by molar-refractivity contribution is 5.78. The van der Waals surface area contributed by atoms with Crippen molar-refractivity contribution in [1.82, 2.24) is 24.4 Å². The topological polar surface area (TPSA) is 85.0 Å². The van der Waals surface area contributed by atoms with Crippen molar-refractivity contribution in [1.29, 1.82) is 0 Å². The van der Waals surface area contributed by atoms with Gasteiger partial charge in [0.15, 0.2) is 0 Å². The van der Waals surface area contributed by atoms with Gasteiger partial charge in [-0.25, -0.2) is 9.97 Å². The predicted molar refractivity (Wildman–Crippen MR) is 112 cm³/mol. The molecule has 2 aromatic heterocycles. The largest absolute Gasteiger partial charge is 0.389 e. The van der Waals surface area contributed by atoms with Crippen molar-refractivity contribution in [3.63, 3.8) is 0 Å². The Kier molecular flexibility index (Phi) is 5.67. The highest BCUT2D eigenvalue weighted by atomic mass is 16.3. The van der Waals surface area contributed by atoms with E-state index in [0.29, 0.717) is 13.0 Å². The Labute approximate surface area is 170 Å². The van der Waals surface area contributed by atoms with Crippen LogP contribution in [0.5, 0.6) is 0 Å². The maximum atomic E-state index is 12.7. The first-order valence-electron chi connectivity index (χ1n) is 10.5. The van der Waals surface area contributed by atoms with Gasteiger partial charge in [-0.05, 0) is 38.3 Å². The molecule has 3 atom stereocenters. The number of amides is 1. The first kappa shape index (κ1) is 19.6. The van der Waals surface area contributed by atoms with Gasteiger partial charge in [0, 0.05) is 31.8 Å². The van der Waals surface area contributed by atoms with E-state index in [1.165, 1.54) is 0 Å². The lowest BCUT2D eigenvalue weighted by Crippen LogP contribution is -2.49. The van der Waals surface area contributed by atoms with Crippen LogP contribution in [0.15, 0.2) is 36.7 Å². The van der Waals surface area contributed by atoms with Gasteiger partial charge < -0.3 is 19.6 Å². The lowest BCUT2D eigenvalue weighted by molar-refractivity contribution is -0.123. The summed E-state index contributed by atoms with van der Waals surface area (Å²) < 4.78 is 4.15. The fourth-order valence-corrected chi connectivity index (χ4v) is 4.49. The molecule has 0 radical (unpaired) electrons. The number of para-hydroxylation sites is 2. The molecule has 29 heavy (non-hydrogen) atoms. The third-order valence-corrected chi connectivity index (χ3v) is 6.00. The Hall–Kier alpha value is -2.67. The molecule has 7 heteroatoms. The zero-order chi connectivity index (χ0) is 20.4. The minimum absolute atomic E-state index is 0.0307. The molecule has 2 N–H and O–H groups in total. The van der Waals surface area contributed by atoms with E-state index < -0.39 is 6.10 Å². The molecular formula is C22H29N5O2. The molecule has 7 nitrogen and oxygen atoms in total. The number of rotatable bonds is 6. The standard InChI is InChI=1S/C22H29N5O2/c1-3-20-24-16-7-4-5-9-18(16)27(20)13-11-21(28)25-17-8-6-10-19(22(17)29)26-14-12-23-15(26)2/h4-5,7,9,12,14,17,19,22,29H,3,6,8,10-11,13H2,1-2H3,(H,25,28)/t17-,19-,22-/m1/s1. The summed E-state index contributed by atoms with van der Waals surface area (Å²) in [6, 6.07) is 7.75. The second-order valence-corrected chi connectivity index (χ2v) is 7.82. The zero-order valence-electron chi connectivity index (χ0n) is 17.1. The van der Waals surface area contributed by atoms with Crippen LogP contribution >= 0.6 is 0 Å². The quantitative estimate of drug-likeness (QED) is 0.672. The van der Waals surface area contributed by atoms with E-state index in [2.05, 4.69) is 26.8 Å². The number of nitrogens with zero attached hydrogens (tertiary/aromatic N) is 4. The Morgan fingerprint density at radius 1 is 1.31 bits per heavy atom. The number of aliphatic hydroxyl groups excluding tert-OH is 1. The van der Waals surface area contributed by atoms with Crippen LogP contribution in [-0.4, -0.2) is 42.3 Å². The molecule has 3 aromatic rings. The number of aryl methyl sites for hydroxylation is 3. The van der Waals surface area contributed by atoms with E-state index in [1.807, 2.05) is 42.0 Å². The fourth-order valence-electron chi connectivity index (χ4n) is 4.49.